The average Bonchev–Trinajstić information content (AvgIpc) is 2.68. The van der Waals surface area contributed by atoms with Crippen LogP contribution in [0.25, 0.3) is 0 Å². The lowest BCUT2D eigenvalue weighted by molar-refractivity contribution is 0.0707. The standard InChI is InChI=1S/C20H24N2O3S/c1-21-18-11-13-22(14-12-18)20(23)17-7-9-19(10-8-17)26(24,25)15-16-5-3-2-4-6-16/h2-10,18,21H,11-15H2,1H3. The van der Waals surface area contributed by atoms with Crippen molar-refractivity contribution in [2.75, 3.05) is 20.1 Å². The van der Waals surface area contributed by atoms with Crippen LogP contribution in [0.2, 0.25) is 0 Å². The second-order valence-corrected chi connectivity index (χ2v) is 8.61. The maximum absolute atomic E-state index is 12.6. The van der Waals surface area contributed by atoms with Crippen molar-refractivity contribution in [3.8, 4) is 0 Å². The van der Waals surface area contributed by atoms with Gasteiger partial charge in [0, 0.05) is 24.7 Å². The maximum Gasteiger partial charge on any atom is 0.253 e. The minimum Gasteiger partial charge on any atom is -0.339 e. The van der Waals surface area contributed by atoms with Crippen molar-refractivity contribution in [1.29, 1.82) is 0 Å². The highest BCUT2D eigenvalue weighted by Crippen LogP contribution is 2.19. The van der Waals surface area contributed by atoms with Crippen molar-refractivity contribution in [2.24, 2.45) is 0 Å². The zero-order valence-electron chi connectivity index (χ0n) is 14.9. The summed E-state index contributed by atoms with van der Waals surface area (Å²) in [5.74, 6) is -0.0786. The van der Waals surface area contributed by atoms with Gasteiger partial charge in [-0.2, -0.15) is 0 Å². The summed E-state index contributed by atoms with van der Waals surface area (Å²) in [7, 11) is -1.48. The van der Waals surface area contributed by atoms with Crippen LogP contribution in [0.4, 0.5) is 0 Å². The molecule has 0 radical (unpaired) electrons. The fourth-order valence-electron chi connectivity index (χ4n) is 3.24. The van der Waals surface area contributed by atoms with E-state index in [0.717, 1.165) is 31.5 Å². The Balaban J connectivity index is 1.69. The summed E-state index contributed by atoms with van der Waals surface area (Å²) in [5.41, 5.74) is 1.28. The molecule has 1 N–H and O–H groups in total. The third-order valence-electron chi connectivity index (χ3n) is 4.85. The van der Waals surface area contributed by atoms with Crippen molar-refractivity contribution in [3.05, 3.63) is 65.7 Å². The van der Waals surface area contributed by atoms with Gasteiger partial charge in [0.2, 0.25) is 0 Å². The molecule has 1 amide bonds. The number of sulfone groups is 1. The number of rotatable bonds is 5. The van der Waals surface area contributed by atoms with Gasteiger partial charge in [-0.15, -0.1) is 0 Å². The minimum absolute atomic E-state index is 0.0356. The molecule has 0 aliphatic carbocycles. The maximum atomic E-state index is 12.6. The van der Waals surface area contributed by atoms with Crippen LogP contribution in [-0.2, 0) is 15.6 Å². The van der Waals surface area contributed by atoms with Crippen molar-refractivity contribution in [3.63, 3.8) is 0 Å². The lowest BCUT2D eigenvalue weighted by Gasteiger charge is -2.31. The van der Waals surface area contributed by atoms with Crippen LogP contribution in [0.1, 0.15) is 28.8 Å². The van der Waals surface area contributed by atoms with Gasteiger partial charge in [0.05, 0.1) is 10.6 Å². The highest BCUT2D eigenvalue weighted by molar-refractivity contribution is 7.90. The van der Waals surface area contributed by atoms with Crippen LogP contribution in [0.3, 0.4) is 0 Å². The first-order valence-electron chi connectivity index (χ1n) is 8.83. The molecule has 138 valence electrons. The molecular formula is C20H24N2O3S. The predicted molar refractivity (Wildman–Crippen MR) is 102 cm³/mol. The van der Waals surface area contributed by atoms with Crippen molar-refractivity contribution < 1.29 is 13.2 Å². The van der Waals surface area contributed by atoms with Gasteiger partial charge in [0.15, 0.2) is 9.84 Å². The van der Waals surface area contributed by atoms with Gasteiger partial charge in [-0.25, -0.2) is 8.42 Å². The number of nitrogens with one attached hydrogen (secondary N) is 1. The zero-order valence-corrected chi connectivity index (χ0v) is 15.7. The van der Waals surface area contributed by atoms with Crippen molar-refractivity contribution in [1.82, 2.24) is 10.2 Å². The molecule has 1 aliphatic rings. The number of benzene rings is 2. The Morgan fingerprint density at radius 3 is 2.23 bits per heavy atom. The lowest BCUT2D eigenvalue weighted by atomic mass is 10.0. The summed E-state index contributed by atoms with van der Waals surface area (Å²) >= 11 is 0. The predicted octanol–water partition coefficient (Wildman–Crippen LogP) is 2.48. The van der Waals surface area contributed by atoms with E-state index < -0.39 is 9.84 Å². The second kappa shape index (κ2) is 8.01. The largest absolute Gasteiger partial charge is 0.339 e. The molecule has 1 aliphatic heterocycles. The average molecular weight is 372 g/mol. The summed E-state index contributed by atoms with van der Waals surface area (Å²) in [6.07, 6.45) is 1.87. The number of hydrogen-bond donors (Lipinski definition) is 1. The van der Waals surface area contributed by atoms with Crippen LogP contribution in [-0.4, -0.2) is 45.4 Å². The number of carbonyl (C=O) groups is 1. The Hall–Kier alpha value is -2.18. The fourth-order valence-corrected chi connectivity index (χ4v) is 4.58. The van der Waals surface area contributed by atoms with Crippen LogP contribution in [0.5, 0.6) is 0 Å². The highest BCUT2D eigenvalue weighted by Gasteiger charge is 2.23. The van der Waals surface area contributed by atoms with E-state index in [-0.39, 0.29) is 16.6 Å². The molecule has 0 bridgehead atoms. The van der Waals surface area contributed by atoms with E-state index in [0.29, 0.717) is 11.6 Å². The van der Waals surface area contributed by atoms with E-state index in [1.807, 2.05) is 30.1 Å². The Bertz CT molecular complexity index is 840. The smallest absolute Gasteiger partial charge is 0.253 e. The van der Waals surface area contributed by atoms with E-state index in [1.165, 1.54) is 12.1 Å². The van der Waals surface area contributed by atoms with Crippen LogP contribution < -0.4 is 5.32 Å². The number of carbonyl (C=O) groups excluding carboxylic acids is 1. The number of piperidine rings is 1. The van der Waals surface area contributed by atoms with Gasteiger partial charge in [0.25, 0.3) is 5.91 Å². The molecule has 26 heavy (non-hydrogen) atoms. The molecule has 3 rings (SSSR count). The molecule has 0 unspecified atom stereocenters. The number of amides is 1. The van der Waals surface area contributed by atoms with Crippen molar-refractivity contribution in [2.45, 2.75) is 29.5 Å². The fraction of sp³-hybridized carbons (Fsp3) is 0.350. The molecule has 0 saturated carbocycles. The third kappa shape index (κ3) is 4.31. The van der Waals surface area contributed by atoms with Gasteiger partial charge < -0.3 is 10.2 Å². The van der Waals surface area contributed by atoms with Gasteiger partial charge >= 0.3 is 0 Å². The Labute approximate surface area is 154 Å². The van der Waals surface area contributed by atoms with Gasteiger partial charge in [0.1, 0.15) is 0 Å². The van der Waals surface area contributed by atoms with E-state index in [2.05, 4.69) is 5.32 Å². The molecule has 2 aromatic rings. The molecule has 6 heteroatoms. The van der Waals surface area contributed by atoms with Crippen LogP contribution >= 0.6 is 0 Å². The Kier molecular flexibility index (Phi) is 5.74. The van der Waals surface area contributed by atoms with Gasteiger partial charge in [-0.1, -0.05) is 30.3 Å². The van der Waals surface area contributed by atoms with E-state index in [9.17, 15) is 13.2 Å². The topological polar surface area (TPSA) is 66.5 Å². The van der Waals surface area contributed by atoms with Gasteiger partial charge in [-0.05, 0) is 49.7 Å². The Morgan fingerprint density at radius 2 is 1.65 bits per heavy atom. The molecule has 0 aromatic heterocycles. The van der Waals surface area contributed by atoms with Crippen molar-refractivity contribution >= 4 is 15.7 Å². The summed E-state index contributed by atoms with van der Waals surface area (Å²) < 4.78 is 25.1. The minimum atomic E-state index is -3.42. The first kappa shape index (κ1) is 18.6. The van der Waals surface area contributed by atoms with Crippen LogP contribution in [0.15, 0.2) is 59.5 Å². The number of hydrogen-bond acceptors (Lipinski definition) is 4. The summed E-state index contributed by atoms with van der Waals surface area (Å²) in [4.78, 5) is 14.7. The molecule has 0 atom stereocenters. The molecule has 2 aromatic carbocycles. The molecule has 1 saturated heterocycles. The second-order valence-electron chi connectivity index (χ2n) is 6.62. The number of nitrogens with zero attached hydrogens (tertiary/aromatic N) is 1. The first-order valence-corrected chi connectivity index (χ1v) is 10.5. The molecule has 1 fully saturated rings. The molecular weight excluding hydrogens is 348 g/mol. The third-order valence-corrected chi connectivity index (χ3v) is 6.55. The normalized spacial score (nSPS) is 15.8. The van der Waals surface area contributed by atoms with E-state index in [1.54, 1.807) is 24.3 Å². The molecule has 5 nitrogen and oxygen atoms in total. The van der Waals surface area contributed by atoms with E-state index in [4.69, 9.17) is 0 Å². The quantitative estimate of drug-likeness (QED) is 0.876. The molecule has 0 spiro atoms. The Morgan fingerprint density at radius 1 is 1.04 bits per heavy atom. The number of likely N-dealkylation sites (tertiary alicyclic amines) is 1. The highest BCUT2D eigenvalue weighted by atomic mass is 32.2. The van der Waals surface area contributed by atoms with Crippen LogP contribution in [0, 0.1) is 0 Å². The first-order chi connectivity index (χ1) is 12.5. The summed E-state index contributed by atoms with van der Waals surface area (Å²) in [6, 6.07) is 15.9. The SMILES string of the molecule is CNC1CCN(C(=O)c2ccc(S(=O)(=O)Cc3ccccc3)cc2)CC1. The van der Waals surface area contributed by atoms with E-state index >= 15 is 0 Å². The monoisotopic (exact) mass is 372 g/mol. The summed E-state index contributed by atoms with van der Waals surface area (Å²) in [5, 5.41) is 3.24. The zero-order chi connectivity index (χ0) is 18.6. The van der Waals surface area contributed by atoms with Gasteiger partial charge in [-0.3, -0.25) is 4.79 Å². The lowest BCUT2D eigenvalue weighted by Crippen LogP contribution is -2.43. The molecule has 1 heterocycles. The summed E-state index contributed by atoms with van der Waals surface area (Å²) in [6.45, 7) is 1.44.